The van der Waals surface area contributed by atoms with Crippen molar-refractivity contribution in [2.45, 2.75) is 24.7 Å². The maximum absolute atomic E-state index is 13.1. The van der Waals surface area contributed by atoms with E-state index in [9.17, 15) is 23.1 Å². The van der Waals surface area contributed by atoms with Crippen LogP contribution in [0.4, 0.5) is 29.5 Å². The summed E-state index contributed by atoms with van der Waals surface area (Å²) in [4.78, 5) is 21.0. The minimum Gasteiger partial charge on any atom is -0.394 e. The molecule has 30 heavy (non-hydrogen) atoms. The number of halogens is 3. The maximum Gasteiger partial charge on any atom is 0.416 e. The van der Waals surface area contributed by atoms with Crippen molar-refractivity contribution in [3.05, 3.63) is 42.0 Å². The Labute approximate surface area is 170 Å². The first kappa shape index (κ1) is 20.4. The Morgan fingerprint density at radius 1 is 1.30 bits per heavy atom. The zero-order valence-corrected chi connectivity index (χ0v) is 15.9. The number of nitrogens with zero attached hydrogens (tertiary/aromatic N) is 3. The van der Waals surface area contributed by atoms with Crippen LogP contribution in [0, 0.1) is 0 Å². The Kier molecular flexibility index (Phi) is 5.29. The number of amides is 2. The molecular weight excluding hydrogens is 401 g/mol. The van der Waals surface area contributed by atoms with Crippen LogP contribution in [0.25, 0.3) is 11.3 Å². The highest BCUT2D eigenvalue weighted by atomic mass is 19.4. The van der Waals surface area contributed by atoms with Crippen molar-refractivity contribution in [2.24, 2.45) is 0 Å². The molecule has 3 N–H and O–H groups in total. The summed E-state index contributed by atoms with van der Waals surface area (Å²) in [5, 5.41) is 21.1. The third-order valence-electron chi connectivity index (χ3n) is 5.36. The van der Waals surface area contributed by atoms with Gasteiger partial charge in [0.25, 0.3) is 0 Å². The van der Waals surface area contributed by atoms with Gasteiger partial charge in [0, 0.05) is 25.2 Å². The number of nitrogens with one attached hydrogen (secondary N) is 1. The molecule has 2 aliphatic rings. The van der Waals surface area contributed by atoms with Crippen molar-refractivity contribution in [3.63, 3.8) is 0 Å². The molecule has 160 valence electrons. The zero-order valence-electron chi connectivity index (χ0n) is 15.9. The van der Waals surface area contributed by atoms with Gasteiger partial charge in [-0.1, -0.05) is 12.1 Å². The summed E-state index contributed by atoms with van der Waals surface area (Å²) in [5.74, 6) is 0.370. The van der Waals surface area contributed by atoms with Gasteiger partial charge in [0.05, 0.1) is 35.7 Å². The standard InChI is InChI=1S/C20H21F3N4O3/c21-20(22,23)13-3-1-2-12(8-13)16-4-5-17-18(25-16)27(14-6-7-26(17)10-14)19(30)24-9-15(29)11-28/h1-5,8,14-15,28-29H,6-7,9-11H2,(H,24,30)/t14-,15+/m0/s1. The van der Waals surface area contributed by atoms with Crippen molar-refractivity contribution < 1.29 is 28.2 Å². The fourth-order valence-corrected chi connectivity index (χ4v) is 3.84. The molecule has 1 aromatic carbocycles. The quantitative estimate of drug-likeness (QED) is 0.703. The minimum atomic E-state index is -4.46. The van der Waals surface area contributed by atoms with Gasteiger partial charge in [-0.3, -0.25) is 4.90 Å². The number of alkyl halides is 3. The summed E-state index contributed by atoms with van der Waals surface area (Å²) >= 11 is 0. The van der Waals surface area contributed by atoms with Gasteiger partial charge in [-0.2, -0.15) is 13.2 Å². The highest BCUT2D eigenvalue weighted by molar-refractivity contribution is 5.97. The van der Waals surface area contributed by atoms with Gasteiger partial charge in [-0.05, 0) is 30.7 Å². The summed E-state index contributed by atoms with van der Waals surface area (Å²) in [5.41, 5.74) is 0.598. The molecule has 0 spiro atoms. The molecule has 1 fully saturated rings. The highest BCUT2D eigenvalue weighted by Crippen LogP contribution is 2.40. The summed E-state index contributed by atoms with van der Waals surface area (Å²) in [6.45, 7) is 0.774. The SMILES string of the molecule is O=C(NC[C@@H](O)CO)N1c2nc(-c3cccc(C(F)(F)F)c3)ccc2N2CC[C@H]1C2. The third-order valence-corrected chi connectivity index (χ3v) is 5.36. The Balaban J connectivity index is 1.69. The van der Waals surface area contributed by atoms with Gasteiger partial charge < -0.3 is 20.4 Å². The largest absolute Gasteiger partial charge is 0.416 e. The van der Waals surface area contributed by atoms with Crippen LogP contribution >= 0.6 is 0 Å². The lowest BCUT2D eigenvalue weighted by molar-refractivity contribution is -0.137. The normalized spacial score (nSPS) is 18.9. The number of carbonyl (C=O) groups is 1. The van der Waals surface area contributed by atoms with Crippen molar-refractivity contribution in [3.8, 4) is 11.3 Å². The predicted molar refractivity (Wildman–Crippen MR) is 104 cm³/mol. The van der Waals surface area contributed by atoms with Crippen molar-refractivity contribution in [1.82, 2.24) is 10.3 Å². The number of fused-ring (bicyclic) bond motifs is 4. The average Bonchev–Trinajstić information content (AvgIpc) is 3.15. The van der Waals surface area contributed by atoms with Gasteiger partial charge in [-0.25, -0.2) is 9.78 Å². The van der Waals surface area contributed by atoms with Crippen molar-refractivity contribution in [2.75, 3.05) is 36.0 Å². The molecule has 0 unspecified atom stereocenters. The van der Waals surface area contributed by atoms with Crippen LogP contribution in [-0.2, 0) is 6.18 Å². The number of urea groups is 1. The van der Waals surface area contributed by atoms with Crippen LogP contribution in [0.5, 0.6) is 0 Å². The number of pyridine rings is 1. The lowest BCUT2D eigenvalue weighted by Gasteiger charge is -2.36. The molecule has 0 radical (unpaired) electrons. The Hall–Kier alpha value is -2.85. The molecule has 4 rings (SSSR count). The van der Waals surface area contributed by atoms with Gasteiger partial charge in [0.15, 0.2) is 5.82 Å². The monoisotopic (exact) mass is 422 g/mol. The van der Waals surface area contributed by atoms with E-state index in [0.717, 1.165) is 30.8 Å². The van der Waals surface area contributed by atoms with Gasteiger partial charge in [0.1, 0.15) is 0 Å². The second-order valence-electron chi connectivity index (χ2n) is 7.40. The van der Waals surface area contributed by atoms with E-state index >= 15 is 0 Å². The van der Waals surface area contributed by atoms with Gasteiger partial charge >= 0.3 is 12.2 Å². The number of rotatable bonds is 4. The smallest absolute Gasteiger partial charge is 0.394 e. The van der Waals surface area contributed by atoms with E-state index in [1.807, 2.05) is 0 Å². The molecule has 2 atom stereocenters. The molecule has 2 bridgehead atoms. The van der Waals surface area contributed by atoms with Gasteiger partial charge in [-0.15, -0.1) is 0 Å². The molecular formula is C20H21F3N4O3. The van der Waals surface area contributed by atoms with Gasteiger partial charge in [0.2, 0.25) is 0 Å². The zero-order chi connectivity index (χ0) is 21.5. The lowest BCUT2D eigenvalue weighted by Crippen LogP contribution is -2.52. The number of anilines is 2. The summed E-state index contributed by atoms with van der Waals surface area (Å²) in [6, 6.07) is 7.73. The van der Waals surface area contributed by atoms with Crippen LogP contribution < -0.4 is 15.1 Å². The molecule has 3 heterocycles. The number of hydrogen-bond donors (Lipinski definition) is 3. The van der Waals surface area contributed by atoms with Crippen LogP contribution in [0.2, 0.25) is 0 Å². The molecule has 1 saturated heterocycles. The number of aliphatic hydroxyl groups excluding tert-OH is 2. The molecule has 2 aliphatic heterocycles. The van der Waals surface area contributed by atoms with E-state index in [1.165, 1.54) is 11.0 Å². The van der Waals surface area contributed by atoms with E-state index in [0.29, 0.717) is 23.6 Å². The van der Waals surface area contributed by atoms with Crippen LogP contribution in [0.15, 0.2) is 36.4 Å². The second kappa shape index (κ2) is 7.77. The van der Waals surface area contributed by atoms with Crippen LogP contribution in [-0.4, -0.2) is 59.6 Å². The molecule has 2 aromatic rings. The molecule has 7 nitrogen and oxygen atoms in total. The summed E-state index contributed by atoms with van der Waals surface area (Å²) in [6.07, 6.45) is -4.82. The molecule has 10 heteroatoms. The third kappa shape index (κ3) is 3.80. The van der Waals surface area contributed by atoms with Crippen LogP contribution in [0.1, 0.15) is 12.0 Å². The van der Waals surface area contributed by atoms with E-state index in [1.54, 1.807) is 18.2 Å². The van der Waals surface area contributed by atoms with E-state index in [-0.39, 0.29) is 12.6 Å². The molecule has 0 aliphatic carbocycles. The van der Waals surface area contributed by atoms with Crippen molar-refractivity contribution >= 4 is 17.5 Å². The first-order valence-corrected chi connectivity index (χ1v) is 9.57. The van der Waals surface area contributed by atoms with Crippen LogP contribution in [0.3, 0.4) is 0 Å². The summed E-state index contributed by atoms with van der Waals surface area (Å²) < 4.78 is 39.3. The molecule has 2 amide bonds. The highest BCUT2D eigenvalue weighted by Gasteiger charge is 2.40. The molecule has 0 saturated carbocycles. The number of hydrogen-bond acceptors (Lipinski definition) is 5. The lowest BCUT2D eigenvalue weighted by atomic mass is 10.1. The second-order valence-corrected chi connectivity index (χ2v) is 7.40. The maximum atomic E-state index is 13.1. The Morgan fingerprint density at radius 2 is 2.10 bits per heavy atom. The topological polar surface area (TPSA) is 88.9 Å². The minimum absolute atomic E-state index is 0.120. The average molecular weight is 422 g/mol. The number of aliphatic hydroxyl groups is 2. The van der Waals surface area contributed by atoms with Crippen molar-refractivity contribution in [1.29, 1.82) is 0 Å². The number of carbonyl (C=O) groups excluding carboxylic acids is 1. The van der Waals surface area contributed by atoms with E-state index < -0.39 is 30.5 Å². The Bertz CT molecular complexity index is 953. The van der Waals surface area contributed by atoms with E-state index in [2.05, 4.69) is 15.2 Å². The predicted octanol–water partition coefficient (Wildman–Crippen LogP) is 2.23. The Morgan fingerprint density at radius 3 is 2.83 bits per heavy atom. The number of aromatic nitrogens is 1. The summed E-state index contributed by atoms with van der Waals surface area (Å²) in [7, 11) is 0. The van der Waals surface area contributed by atoms with E-state index in [4.69, 9.17) is 5.11 Å². The first-order chi connectivity index (χ1) is 14.3. The fourth-order valence-electron chi connectivity index (χ4n) is 3.84. The first-order valence-electron chi connectivity index (χ1n) is 9.57. The fraction of sp³-hybridized carbons (Fsp3) is 0.400. The molecule has 1 aromatic heterocycles. The number of benzene rings is 1.